The summed E-state index contributed by atoms with van der Waals surface area (Å²) in [7, 11) is 1.76. The third kappa shape index (κ3) is 3.67. The molecule has 0 spiro atoms. The Morgan fingerprint density at radius 1 is 1.00 bits per heavy atom. The Bertz CT molecular complexity index is 1570. The molecule has 1 atom stereocenters. The van der Waals surface area contributed by atoms with Crippen LogP contribution in [0.5, 0.6) is 0 Å². The maximum atomic E-state index is 13.1. The molecule has 35 heavy (non-hydrogen) atoms. The van der Waals surface area contributed by atoms with E-state index in [4.69, 9.17) is 4.74 Å². The van der Waals surface area contributed by atoms with E-state index >= 15 is 0 Å². The van der Waals surface area contributed by atoms with Crippen LogP contribution in [0.1, 0.15) is 54.8 Å². The average Bonchev–Trinajstić information content (AvgIpc) is 3.15. The number of ether oxygens (including phenoxy) is 1. The van der Waals surface area contributed by atoms with E-state index < -0.39 is 18.0 Å². The zero-order valence-electron chi connectivity index (χ0n) is 19.2. The van der Waals surface area contributed by atoms with Crippen molar-refractivity contribution in [2.24, 2.45) is 7.05 Å². The van der Waals surface area contributed by atoms with Crippen molar-refractivity contribution in [1.29, 1.82) is 0 Å². The number of pyridine rings is 1. The number of carbonyl (C=O) groups excluding carboxylic acids is 4. The molecule has 0 aliphatic heterocycles. The van der Waals surface area contributed by atoms with E-state index in [-0.39, 0.29) is 39.5 Å². The lowest BCUT2D eigenvalue weighted by Crippen LogP contribution is -2.31. The lowest BCUT2D eigenvalue weighted by molar-refractivity contribution is -0.123. The van der Waals surface area contributed by atoms with Gasteiger partial charge >= 0.3 is 5.97 Å². The van der Waals surface area contributed by atoms with Crippen LogP contribution in [0.2, 0.25) is 0 Å². The van der Waals surface area contributed by atoms with Gasteiger partial charge in [-0.2, -0.15) is 5.10 Å². The van der Waals surface area contributed by atoms with Gasteiger partial charge in [0.25, 0.3) is 5.91 Å². The van der Waals surface area contributed by atoms with Crippen LogP contribution >= 0.6 is 0 Å². The van der Waals surface area contributed by atoms with Crippen molar-refractivity contribution in [3.05, 3.63) is 88.2 Å². The average molecular weight is 468 g/mol. The molecule has 2 aromatic heterocycles. The first kappa shape index (κ1) is 22.1. The summed E-state index contributed by atoms with van der Waals surface area (Å²) in [6.07, 6.45) is 0.192. The van der Waals surface area contributed by atoms with Crippen LogP contribution in [0, 0.1) is 6.92 Å². The second kappa shape index (κ2) is 8.28. The molecule has 4 aromatic rings. The molecular formula is C26H20N4O5. The summed E-state index contributed by atoms with van der Waals surface area (Å²) < 4.78 is 6.96. The molecule has 0 saturated carbocycles. The summed E-state index contributed by atoms with van der Waals surface area (Å²) in [6.45, 7) is 3.23. The van der Waals surface area contributed by atoms with Crippen LogP contribution in [-0.4, -0.2) is 44.3 Å². The predicted molar refractivity (Wildman–Crippen MR) is 127 cm³/mol. The fourth-order valence-electron chi connectivity index (χ4n) is 4.19. The van der Waals surface area contributed by atoms with Crippen LogP contribution in [0.4, 0.5) is 5.69 Å². The van der Waals surface area contributed by atoms with Gasteiger partial charge in [0, 0.05) is 35.3 Å². The van der Waals surface area contributed by atoms with E-state index in [0.717, 1.165) is 0 Å². The Morgan fingerprint density at radius 2 is 1.69 bits per heavy atom. The van der Waals surface area contributed by atoms with Crippen LogP contribution in [0.3, 0.4) is 0 Å². The molecule has 0 radical (unpaired) electrons. The minimum Gasteiger partial charge on any atom is -0.449 e. The Labute approximate surface area is 199 Å². The Hall–Kier alpha value is -4.66. The molecule has 1 aliphatic rings. The number of nitrogens with one attached hydrogen (secondary N) is 1. The molecule has 0 fully saturated rings. The summed E-state index contributed by atoms with van der Waals surface area (Å²) >= 11 is 0. The number of aryl methyl sites for hydroxylation is 2. The number of amides is 1. The summed E-state index contributed by atoms with van der Waals surface area (Å²) in [4.78, 5) is 55.8. The van der Waals surface area contributed by atoms with Crippen molar-refractivity contribution in [2.45, 2.75) is 20.0 Å². The van der Waals surface area contributed by atoms with Crippen molar-refractivity contribution in [3.8, 4) is 0 Å². The van der Waals surface area contributed by atoms with E-state index in [1.807, 2.05) is 0 Å². The van der Waals surface area contributed by atoms with Gasteiger partial charge in [-0.3, -0.25) is 19.1 Å². The van der Waals surface area contributed by atoms with Crippen molar-refractivity contribution in [1.82, 2.24) is 14.8 Å². The maximum absolute atomic E-state index is 13.1. The largest absolute Gasteiger partial charge is 0.449 e. The molecule has 2 aromatic carbocycles. The van der Waals surface area contributed by atoms with Crippen LogP contribution in [0.15, 0.2) is 54.7 Å². The minimum atomic E-state index is -1.18. The summed E-state index contributed by atoms with van der Waals surface area (Å²) in [5, 5.41) is 7.61. The number of benzene rings is 2. The van der Waals surface area contributed by atoms with Gasteiger partial charge in [0.15, 0.2) is 23.3 Å². The normalized spacial score (nSPS) is 13.2. The SMILES string of the molecule is Cc1nn(C)c2ncc(C(=O)OC(C)C(=O)Nc3cccc4c3C(=O)c3ccccc3C4=O)cc12. The van der Waals surface area contributed by atoms with Crippen LogP contribution < -0.4 is 5.32 Å². The van der Waals surface area contributed by atoms with Gasteiger partial charge in [0.1, 0.15) is 0 Å². The van der Waals surface area contributed by atoms with E-state index in [9.17, 15) is 19.2 Å². The Morgan fingerprint density at radius 3 is 2.43 bits per heavy atom. The standard InChI is InChI=1S/C26H20N4O5/c1-13-19-11-15(12-27-24(19)30(3)29-13)26(34)35-14(2)25(33)28-20-10-6-9-18-21(20)23(32)17-8-5-4-7-16(17)22(18)31/h4-12,14H,1-3H3,(H,28,33). The van der Waals surface area contributed by atoms with Crippen LogP contribution in [0.25, 0.3) is 11.0 Å². The molecule has 1 N–H and O–H groups in total. The van der Waals surface area contributed by atoms with Crippen LogP contribution in [-0.2, 0) is 16.6 Å². The number of ketones is 2. The number of anilines is 1. The van der Waals surface area contributed by atoms with Gasteiger partial charge in [-0.15, -0.1) is 0 Å². The third-order valence-electron chi connectivity index (χ3n) is 5.96. The molecule has 174 valence electrons. The highest BCUT2D eigenvalue weighted by molar-refractivity contribution is 6.30. The predicted octanol–water partition coefficient (Wildman–Crippen LogP) is 3.24. The smallest absolute Gasteiger partial charge is 0.340 e. The van der Waals surface area contributed by atoms with Gasteiger partial charge in [-0.05, 0) is 26.0 Å². The minimum absolute atomic E-state index is 0.116. The molecule has 1 unspecified atom stereocenters. The molecule has 2 heterocycles. The van der Waals surface area contributed by atoms with Gasteiger partial charge in [0.05, 0.1) is 22.5 Å². The number of nitrogens with zero attached hydrogens (tertiary/aromatic N) is 3. The molecule has 0 bridgehead atoms. The second-order valence-corrected chi connectivity index (χ2v) is 8.27. The van der Waals surface area contributed by atoms with E-state index in [1.165, 1.54) is 19.2 Å². The maximum Gasteiger partial charge on any atom is 0.340 e. The van der Waals surface area contributed by atoms with E-state index in [0.29, 0.717) is 22.3 Å². The number of carbonyl (C=O) groups is 4. The zero-order valence-corrected chi connectivity index (χ0v) is 19.2. The van der Waals surface area contributed by atoms with Gasteiger partial charge in [-0.1, -0.05) is 36.4 Å². The van der Waals surface area contributed by atoms with Crippen molar-refractivity contribution < 1.29 is 23.9 Å². The number of esters is 1. The fraction of sp³-hybridized carbons (Fsp3) is 0.154. The van der Waals surface area contributed by atoms with Gasteiger partial charge < -0.3 is 10.1 Å². The molecule has 5 rings (SSSR count). The highest BCUT2D eigenvalue weighted by Crippen LogP contribution is 2.32. The number of hydrogen-bond acceptors (Lipinski definition) is 7. The zero-order chi connectivity index (χ0) is 24.9. The first-order valence-corrected chi connectivity index (χ1v) is 10.9. The highest BCUT2D eigenvalue weighted by atomic mass is 16.5. The number of hydrogen-bond donors (Lipinski definition) is 1. The first-order valence-electron chi connectivity index (χ1n) is 10.9. The monoisotopic (exact) mass is 468 g/mol. The lowest BCUT2D eigenvalue weighted by atomic mass is 9.83. The van der Waals surface area contributed by atoms with Crippen molar-refractivity contribution >= 4 is 40.2 Å². The van der Waals surface area contributed by atoms with Crippen molar-refractivity contribution in [2.75, 3.05) is 5.32 Å². The third-order valence-corrected chi connectivity index (χ3v) is 5.96. The van der Waals surface area contributed by atoms with E-state index in [2.05, 4.69) is 15.4 Å². The first-order chi connectivity index (χ1) is 16.8. The Kier molecular flexibility index (Phi) is 5.24. The van der Waals surface area contributed by atoms with Gasteiger partial charge in [-0.25, -0.2) is 9.78 Å². The topological polar surface area (TPSA) is 120 Å². The van der Waals surface area contributed by atoms with Crippen molar-refractivity contribution in [3.63, 3.8) is 0 Å². The lowest BCUT2D eigenvalue weighted by Gasteiger charge is -2.21. The molecular weight excluding hydrogens is 448 g/mol. The molecule has 9 nitrogen and oxygen atoms in total. The summed E-state index contributed by atoms with van der Waals surface area (Å²) in [6, 6.07) is 12.8. The second-order valence-electron chi connectivity index (χ2n) is 8.27. The number of rotatable bonds is 4. The van der Waals surface area contributed by atoms with E-state index in [1.54, 1.807) is 61.1 Å². The number of fused-ring (bicyclic) bond motifs is 3. The molecule has 1 amide bonds. The fourth-order valence-corrected chi connectivity index (χ4v) is 4.19. The molecule has 0 saturated heterocycles. The highest BCUT2D eigenvalue weighted by Gasteiger charge is 2.32. The molecule has 1 aliphatic carbocycles. The quantitative estimate of drug-likeness (QED) is 0.402. The number of aromatic nitrogens is 3. The molecule has 9 heteroatoms. The van der Waals surface area contributed by atoms with Gasteiger partial charge in [0.2, 0.25) is 0 Å². The Balaban J connectivity index is 1.36. The summed E-state index contributed by atoms with van der Waals surface area (Å²) in [5.74, 6) is -2.01. The summed E-state index contributed by atoms with van der Waals surface area (Å²) in [5.41, 5.74) is 2.63.